The lowest BCUT2D eigenvalue weighted by Crippen LogP contribution is -2.38. The van der Waals surface area contributed by atoms with Gasteiger partial charge in [-0.1, -0.05) is 25.0 Å². The zero-order valence-corrected chi connectivity index (χ0v) is 13.7. The van der Waals surface area contributed by atoms with E-state index < -0.39 is 0 Å². The fourth-order valence-corrected chi connectivity index (χ4v) is 3.86. The van der Waals surface area contributed by atoms with Crippen molar-refractivity contribution in [2.75, 3.05) is 26.2 Å². The van der Waals surface area contributed by atoms with Crippen LogP contribution < -0.4 is 5.32 Å². The van der Waals surface area contributed by atoms with E-state index in [1.807, 2.05) is 18.2 Å². The van der Waals surface area contributed by atoms with Crippen molar-refractivity contribution in [2.24, 2.45) is 0 Å². The highest BCUT2D eigenvalue weighted by molar-refractivity contribution is 7.18. The standard InChI is InChI=1S/C17H23N3OS/c21-16(13-20-11-5-1-2-6-12-20)18-10-9-17-19-14-7-3-4-8-15(14)22-17/h3-4,7-8H,1-2,5-6,9-13H2,(H,18,21). The summed E-state index contributed by atoms with van der Waals surface area (Å²) in [6.45, 7) is 3.34. The smallest absolute Gasteiger partial charge is 0.234 e. The predicted molar refractivity (Wildman–Crippen MR) is 91.2 cm³/mol. The summed E-state index contributed by atoms with van der Waals surface area (Å²) in [6.07, 6.45) is 5.86. The second-order valence-electron chi connectivity index (χ2n) is 5.87. The van der Waals surface area contributed by atoms with E-state index in [1.54, 1.807) is 11.3 Å². The molecule has 1 aromatic carbocycles. The third kappa shape index (κ3) is 4.27. The Hall–Kier alpha value is -1.46. The summed E-state index contributed by atoms with van der Waals surface area (Å²) in [7, 11) is 0. The fourth-order valence-electron chi connectivity index (χ4n) is 2.89. The summed E-state index contributed by atoms with van der Waals surface area (Å²) in [5.41, 5.74) is 1.05. The second kappa shape index (κ2) is 7.70. The van der Waals surface area contributed by atoms with Gasteiger partial charge in [-0.25, -0.2) is 4.98 Å². The van der Waals surface area contributed by atoms with Crippen LogP contribution >= 0.6 is 11.3 Å². The first-order valence-corrected chi connectivity index (χ1v) is 8.96. The van der Waals surface area contributed by atoms with Gasteiger partial charge in [0.15, 0.2) is 0 Å². The summed E-state index contributed by atoms with van der Waals surface area (Å²) in [6, 6.07) is 8.17. The number of aromatic nitrogens is 1. The topological polar surface area (TPSA) is 45.2 Å². The minimum atomic E-state index is 0.142. The summed E-state index contributed by atoms with van der Waals surface area (Å²) in [5, 5.41) is 4.12. The number of carbonyl (C=O) groups excluding carboxylic acids is 1. The van der Waals surface area contributed by atoms with Crippen LogP contribution in [0, 0.1) is 0 Å². The predicted octanol–water partition coefficient (Wildman–Crippen LogP) is 2.83. The van der Waals surface area contributed by atoms with Gasteiger partial charge in [-0.2, -0.15) is 0 Å². The summed E-state index contributed by atoms with van der Waals surface area (Å²) in [5.74, 6) is 0.142. The fraction of sp³-hybridized carbons (Fsp3) is 0.529. The van der Waals surface area contributed by atoms with Gasteiger partial charge in [-0.3, -0.25) is 9.69 Å². The Morgan fingerprint density at radius 3 is 2.73 bits per heavy atom. The molecular formula is C17H23N3OS. The van der Waals surface area contributed by atoms with Gasteiger partial charge in [0.05, 0.1) is 21.8 Å². The highest BCUT2D eigenvalue weighted by Gasteiger charge is 2.12. The van der Waals surface area contributed by atoms with E-state index in [0.29, 0.717) is 13.1 Å². The largest absolute Gasteiger partial charge is 0.355 e. The van der Waals surface area contributed by atoms with Crippen molar-refractivity contribution in [1.82, 2.24) is 15.2 Å². The number of para-hydroxylation sites is 1. The van der Waals surface area contributed by atoms with E-state index in [1.165, 1.54) is 30.4 Å². The molecule has 1 N–H and O–H groups in total. The maximum atomic E-state index is 12.0. The average Bonchev–Trinajstić information content (AvgIpc) is 2.75. The van der Waals surface area contributed by atoms with Crippen LogP contribution in [-0.4, -0.2) is 42.0 Å². The van der Waals surface area contributed by atoms with Crippen LogP contribution in [0.5, 0.6) is 0 Å². The molecule has 0 saturated carbocycles. The number of amides is 1. The summed E-state index contributed by atoms with van der Waals surface area (Å²) < 4.78 is 1.22. The van der Waals surface area contributed by atoms with Crippen LogP contribution in [0.15, 0.2) is 24.3 Å². The van der Waals surface area contributed by atoms with Crippen LogP contribution in [0.2, 0.25) is 0 Å². The molecule has 1 amide bonds. The molecule has 1 aliphatic rings. The molecule has 118 valence electrons. The van der Waals surface area contributed by atoms with E-state index in [-0.39, 0.29) is 5.91 Å². The molecular weight excluding hydrogens is 294 g/mol. The van der Waals surface area contributed by atoms with Crippen LogP contribution in [0.25, 0.3) is 10.2 Å². The van der Waals surface area contributed by atoms with Gasteiger partial charge in [0.2, 0.25) is 5.91 Å². The lowest BCUT2D eigenvalue weighted by atomic mass is 10.2. The van der Waals surface area contributed by atoms with Crippen molar-refractivity contribution in [2.45, 2.75) is 32.1 Å². The number of rotatable bonds is 5. The van der Waals surface area contributed by atoms with Crippen molar-refractivity contribution in [1.29, 1.82) is 0 Å². The number of nitrogens with zero attached hydrogens (tertiary/aromatic N) is 2. The number of benzene rings is 1. The zero-order chi connectivity index (χ0) is 15.2. The molecule has 1 aromatic heterocycles. The van der Waals surface area contributed by atoms with E-state index in [9.17, 15) is 4.79 Å². The normalized spacial score (nSPS) is 16.5. The summed E-state index contributed by atoms with van der Waals surface area (Å²) >= 11 is 1.71. The number of nitrogens with one attached hydrogen (secondary N) is 1. The average molecular weight is 317 g/mol. The van der Waals surface area contributed by atoms with Gasteiger partial charge in [-0.05, 0) is 38.1 Å². The maximum Gasteiger partial charge on any atom is 0.234 e. The molecule has 3 rings (SSSR count). The van der Waals surface area contributed by atoms with Crippen molar-refractivity contribution >= 4 is 27.5 Å². The zero-order valence-electron chi connectivity index (χ0n) is 12.9. The lowest BCUT2D eigenvalue weighted by Gasteiger charge is -2.18. The molecule has 0 atom stereocenters. The number of hydrogen-bond acceptors (Lipinski definition) is 4. The third-order valence-electron chi connectivity index (χ3n) is 4.07. The van der Waals surface area contributed by atoms with Gasteiger partial charge >= 0.3 is 0 Å². The molecule has 2 heterocycles. The first kappa shape index (κ1) is 15.4. The number of likely N-dealkylation sites (tertiary alicyclic amines) is 1. The Balaban J connectivity index is 1.43. The van der Waals surface area contributed by atoms with Crippen LogP contribution in [-0.2, 0) is 11.2 Å². The quantitative estimate of drug-likeness (QED) is 0.922. The molecule has 1 saturated heterocycles. The molecule has 0 unspecified atom stereocenters. The van der Waals surface area contributed by atoms with Crippen molar-refractivity contribution in [3.05, 3.63) is 29.3 Å². The minimum absolute atomic E-state index is 0.142. The molecule has 1 fully saturated rings. The highest BCUT2D eigenvalue weighted by Crippen LogP contribution is 2.21. The van der Waals surface area contributed by atoms with Gasteiger partial charge in [0.1, 0.15) is 0 Å². The number of thiazole rings is 1. The van der Waals surface area contributed by atoms with Gasteiger partial charge < -0.3 is 5.32 Å². The molecule has 0 spiro atoms. The van der Waals surface area contributed by atoms with Crippen LogP contribution in [0.4, 0.5) is 0 Å². The van der Waals surface area contributed by atoms with E-state index in [4.69, 9.17) is 0 Å². The molecule has 5 heteroatoms. The minimum Gasteiger partial charge on any atom is -0.355 e. The number of hydrogen-bond donors (Lipinski definition) is 1. The second-order valence-corrected chi connectivity index (χ2v) is 6.98. The first-order chi connectivity index (χ1) is 10.8. The highest BCUT2D eigenvalue weighted by atomic mass is 32.1. The Bertz CT molecular complexity index is 584. The monoisotopic (exact) mass is 317 g/mol. The van der Waals surface area contributed by atoms with Crippen molar-refractivity contribution in [3.63, 3.8) is 0 Å². The maximum absolute atomic E-state index is 12.0. The molecule has 0 aliphatic carbocycles. The van der Waals surface area contributed by atoms with Crippen LogP contribution in [0.3, 0.4) is 0 Å². The SMILES string of the molecule is O=C(CN1CCCCCC1)NCCc1nc2ccccc2s1. The van der Waals surface area contributed by atoms with Crippen molar-refractivity contribution in [3.8, 4) is 0 Å². The Morgan fingerprint density at radius 2 is 1.95 bits per heavy atom. The van der Waals surface area contributed by atoms with Crippen LogP contribution in [0.1, 0.15) is 30.7 Å². The van der Waals surface area contributed by atoms with Gasteiger partial charge in [0.25, 0.3) is 0 Å². The third-order valence-corrected chi connectivity index (χ3v) is 5.16. The molecule has 1 aliphatic heterocycles. The molecule has 2 aromatic rings. The van der Waals surface area contributed by atoms with E-state index in [0.717, 1.165) is 30.0 Å². The Kier molecular flexibility index (Phi) is 5.40. The molecule has 22 heavy (non-hydrogen) atoms. The van der Waals surface area contributed by atoms with Crippen molar-refractivity contribution < 1.29 is 4.79 Å². The number of carbonyl (C=O) groups is 1. The molecule has 0 radical (unpaired) electrons. The van der Waals surface area contributed by atoms with Gasteiger partial charge in [0, 0.05) is 13.0 Å². The Morgan fingerprint density at radius 1 is 1.18 bits per heavy atom. The van der Waals surface area contributed by atoms with Gasteiger partial charge in [-0.15, -0.1) is 11.3 Å². The van der Waals surface area contributed by atoms with E-state index in [2.05, 4.69) is 21.3 Å². The number of fused-ring (bicyclic) bond motifs is 1. The summed E-state index contributed by atoms with van der Waals surface area (Å²) in [4.78, 5) is 18.9. The lowest BCUT2D eigenvalue weighted by molar-refractivity contribution is -0.122. The molecule has 0 bridgehead atoms. The first-order valence-electron chi connectivity index (χ1n) is 8.15. The van der Waals surface area contributed by atoms with E-state index >= 15 is 0 Å². The molecule has 4 nitrogen and oxygen atoms in total. The Labute approximate surface area is 135 Å².